The molecular weight excluding hydrogens is 292 g/mol. The molecule has 0 aliphatic carbocycles. The fraction of sp³-hybridized carbons (Fsp3) is 0.692. The number of carbonyl (C=O) groups is 1. The van der Waals surface area contributed by atoms with Crippen molar-refractivity contribution >= 4 is 15.9 Å². The fourth-order valence-electron chi connectivity index (χ4n) is 2.60. The van der Waals surface area contributed by atoms with E-state index in [2.05, 4.69) is 10.4 Å². The van der Waals surface area contributed by atoms with Gasteiger partial charge in [0.2, 0.25) is 15.9 Å². The molecule has 1 amide bonds. The topological polar surface area (TPSA) is 84.3 Å². The second kappa shape index (κ2) is 6.15. The van der Waals surface area contributed by atoms with Crippen molar-refractivity contribution in [3.63, 3.8) is 0 Å². The number of amides is 1. The molecule has 118 valence electrons. The maximum Gasteiger partial charge on any atom is 0.223 e. The van der Waals surface area contributed by atoms with Crippen LogP contribution in [-0.4, -0.2) is 47.8 Å². The summed E-state index contributed by atoms with van der Waals surface area (Å²) < 4.78 is 26.0. The summed E-state index contributed by atoms with van der Waals surface area (Å²) in [5.41, 5.74) is 1.91. The third kappa shape index (κ3) is 4.04. The van der Waals surface area contributed by atoms with E-state index in [1.807, 2.05) is 20.2 Å². The van der Waals surface area contributed by atoms with Gasteiger partial charge in [0.15, 0.2) is 0 Å². The summed E-state index contributed by atoms with van der Waals surface area (Å²) in [7, 11) is -1.30. The Balaban J connectivity index is 1.84. The standard InChI is InChI=1S/C13H22N4O3S/c1-10-12(9-16(2)15-10)8-14-13(18)11-4-6-17(7-5-11)21(3,19)20/h9,11H,4-8H2,1-3H3,(H,14,18). The van der Waals surface area contributed by atoms with Crippen molar-refractivity contribution in [1.29, 1.82) is 0 Å². The first-order chi connectivity index (χ1) is 9.77. The maximum atomic E-state index is 12.1. The minimum Gasteiger partial charge on any atom is -0.352 e. The van der Waals surface area contributed by atoms with E-state index in [1.54, 1.807) is 4.68 Å². The summed E-state index contributed by atoms with van der Waals surface area (Å²) in [5.74, 6) is -0.119. The third-order valence-corrected chi connectivity index (χ3v) is 5.17. The van der Waals surface area contributed by atoms with Crippen LogP contribution in [-0.2, 0) is 28.4 Å². The first-order valence-corrected chi connectivity index (χ1v) is 8.84. The molecule has 1 aromatic rings. The highest BCUT2D eigenvalue weighted by molar-refractivity contribution is 7.88. The third-order valence-electron chi connectivity index (χ3n) is 3.86. The van der Waals surface area contributed by atoms with Crippen molar-refractivity contribution in [1.82, 2.24) is 19.4 Å². The van der Waals surface area contributed by atoms with E-state index in [4.69, 9.17) is 0 Å². The van der Waals surface area contributed by atoms with Crippen LogP contribution in [0.25, 0.3) is 0 Å². The van der Waals surface area contributed by atoms with Gasteiger partial charge < -0.3 is 5.32 Å². The number of piperidine rings is 1. The van der Waals surface area contributed by atoms with E-state index in [0.717, 1.165) is 11.3 Å². The lowest BCUT2D eigenvalue weighted by Crippen LogP contribution is -2.42. The first-order valence-electron chi connectivity index (χ1n) is 6.99. The molecule has 2 heterocycles. The monoisotopic (exact) mass is 314 g/mol. The second-order valence-electron chi connectivity index (χ2n) is 5.57. The van der Waals surface area contributed by atoms with Crippen LogP contribution in [0.2, 0.25) is 0 Å². The Morgan fingerprint density at radius 3 is 2.52 bits per heavy atom. The number of aryl methyl sites for hydroxylation is 2. The Morgan fingerprint density at radius 1 is 1.43 bits per heavy atom. The zero-order chi connectivity index (χ0) is 15.6. The van der Waals surface area contributed by atoms with Gasteiger partial charge in [0, 0.05) is 44.4 Å². The largest absolute Gasteiger partial charge is 0.352 e. The molecule has 0 saturated carbocycles. The first kappa shape index (κ1) is 16.0. The Bertz CT molecular complexity index is 615. The van der Waals surface area contributed by atoms with Gasteiger partial charge in [-0.1, -0.05) is 0 Å². The van der Waals surface area contributed by atoms with Crippen LogP contribution in [0.1, 0.15) is 24.1 Å². The molecular formula is C13H22N4O3S. The van der Waals surface area contributed by atoms with Crippen LogP contribution < -0.4 is 5.32 Å². The number of aromatic nitrogens is 2. The molecule has 1 aromatic heterocycles. The Morgan fingerprint density at radius 2 is 2.05 bits per heavy atom. The highest BCUT2D eigenvalue weighted by Crippen LogP contribution is 2.19. The fourth-order valence-corrected chi connectivity index (χ4v) is 3.47. The molecule has 1 aliphatic rings. The molecule has 1 fully saturated rings. The van der Waals surface area contributed by atoms with E-state index in [9.17, 15) is 13.2 Å². The lowest BCUT2D eigenvalue weighted by molar-refractivity contribution is -0.126. The summed E-state index contributed by atoms with van der Waals surface area (Å²) in [6.45, 7) is 3.21. The number of hydrogen-bond acceptors (Lipinski definition) is 4. The predicted octanol–water partition coefficient (Wildman–Crippen LogP) is 0.0163. The van der Waals surface area contributed by atoms with Crippen LogP contribution in [0.4, 0.5) is 0 Å². The van der Waals surface area contributed by atoms with Gasteiger partial charge >= 0.3 is 0 Å². The highest BCUT2D eigenvalue weighted by atomic mass is 32.2. The zero-order valence-corrected chi connectivity index (χ0v) is 13.5. The molecule has 1 saturated heterocycles. The van der Waals surface area contributed by atoms with Crippen LogP contribution in [0.3, 0.4) is 0 Å². The molecule has 1 aliphatic heterocycles. The molecule has 8 heteroatoms. The van der Waals surface area contributed by atoms with Crippen LogP contribution >= 0.6 is 0 Å². The lowest BCUT2D eigenvalue weighted by atomic mass is 9.97. The minimum atomic E-state index is -3.14. The minimum absolute atomic E-state index is 0.00796. The normalized spacial score (nSPS) is 17.9. The van der Waals surface area contributed by atoms with E-state index >= 15 is 0 Å². The van der Waals surface area contributed by atoms with Crippen molar-refractivity contribution in [2.24, 2.45) is 13.0 Å². The van der Waals surface area contributed by atoms with Gasteiger partial charge in [0.1, 0.15) is 0 Å². The Labute approximate surface area is 125 Å². The molecule has 7 nitrogen and oxygen atoms in total. The maximum absolute atomic E-state index is 12.1. The van der Waals surface area contributed by atoms with Gasteiger partial charge in [-0.15, -0.1) is 0 Å². The van der Waals surface area contributed by atoms with Gasteiger partial charge in [0.25, 0.3) is 0 Å². The smallest absolute Gasteiger partial charge is 0.223 e. The SMILES string of the molecule is Cc1nn(C)cc1CNC(=O)C1CCN(S(C)(=O)=O)CC1. The van der Waals surface area contributed by atoms with Crippen molar-refractivity contribution in [2.45, 2.75) is 26.3 Å². The summed E-state index contributed by atoms with van der Waals surface area (Å²) in [6.07, 6.45) is 4.25. The van der Waals surface area contributed by atoms with Crippen molar-refractivity contribution < 1.29 is 13.2 Å². The second-order valence-corrected chi connectivity index (χ2v) is 7.55. The van der Waals surface area contributed by atoms with Gasteiger partial charge in [-0.3, -0.25) is 9.48 Å². The number of hydrogen-bond donors (Lipinski definition) is 1. The summed E-state index contributed by atoms with van der Waals surface area (Å²) in [4.78, 5) is 12.1. The van der Waals surface area contributed by atoms with Crippen molar-refractivity contribution in [2.75, 3.05) is 19.3 Å². The van der Waals surface area contributed by atoms with E-state index < -0.39 is 10.0 Å². The van der Waals surface area contributed by atoms with E-state index in [1.165, 1.54) is 10.6 Å². The van der Waals surface area contributed by atoms with Gasteiger partial charge in [-0.05, 0) is 19.8 Å². The zero-order valence-electron chi connectivity index (χ0n) is 12.7. The average Bonchev–Trinajstić information content (AvgIpc) is 2.73. The molecule has 0 unspecified atom stereocenters. The summed E-state index contributed by atoms with van der Waals surface area (Å²) in [6, 6.07) is 0. The van der Waals surface area contributed by atoms with E-state index in [0.29, 0.717) is 32.5 Å². The summed E-state index contributed by atoms with van der Waals surface area (Å²) in [5, 5.41) is 7.15. The number of nitrogens with zero attached hydrogens (tertiary/aromatic N) is 3. The molecule has 2 rings (SSSR count). The van der Waals surface area contributed by atoms with Gasteiger partial charge in [-0.25, -0.2) is 12.7 Å². The van der Waals surface area contributed by atoms with Crippen LogP contribution in [0, 0.1) is 12.8 Å². The highest BCUT2D eigenvalue weighted by Gasteiger charge is 2.28. The van der Waals surface area contributed by atoms with Crippen molar-refractivity contribution in [3.8, 4) is 0 Å². The van der Waals surface area contributed by atoms with Crippen molar-refractivity contribution in [3.05, 3.63) is 17.5 Å². The molecule has 0 atom stereocenters. The molecule has 0 bridgehead atoms. The molecule has 0 spiro atoms. The molecule has 0 radical (unpaired) electrons. The predicted molar refractivity (Wildman–Crippen MR) is 78.9 cm³/mol. The molecule has 21 heavy (non-hydrogen) atoms. The number of nitrogens with one attached hydrogen (secondary N) is 1. The number of carbonyl (C=O) groups excluding carboxylic acids is 1. The number of sulfonamides is 1. The van der Waals surface area contributed by atoms with Crippen LogP contribution in [0.15, 0.2) is 6.20 Å². The van der Waals surface area contributed by atoms with Gasteiger partial charge in [0.05, 0.1) is 11.9 Å². The number of rotatable bonds is 4. The summed E-state index contributed by atoms with van der Waals surface area (Å²) >= 11 is 0. The Kier molecular flexibility index (Phi) is 4.67. The van der Waals surface area contributed by atoms with E-state index in [-0.39, 0.29) is 11.8 Å². The molecule has 0 aromatic carbocycles. The average molecular weight is 314 g/mol. The van der Waals surface area contributed by atoms with Crippen LogP contribution in [0.5, 0.6) is 0 Å². The lowest BCUT2D eigenvalue weighted by Gasteiger charge is -2.29. The quantitative estimate of drug-likeness (QED) is 0.849. The molecule has 1 N–H and O–H groups in total. The van der Waals surface area contributed by atoms with Gasteiger partial charge in [-0.2, -0.15) is 5.10 Å². The Hall–Kier alpha value is -1.41.